The molecule has 2 saturated heterocycles. The zero-order chi connectivity index (χ0) is 51.1. The van der Waals surface area contributed by atoms with E-state index in [1.807, 2.05) is 56.3 Å². The van der Waals surface area contributed by atoms with E-state index in [0.717, 1.165) is 23.3 Å². The molecule has 2 aliphatic heterocycles. The minimum Gasteiger partial charge on any atom is -0.372 e. The van der Waals surface area contributed by atoms with Crippen LogP contribution in [-0.2, 0) is 39.1 Å². The van der Waals surface area contributed by atoms with Gasteiger partial charge in [-0.2, -0.15) is 53.0 Å². The Labute approximate surface area is 408 Å². The van der Waals surface area contributed by atoms with Gasteiger partial charge in [-0.25, -0.2) is 0 Å². The first-order chi connectivity index (χ1) is 32.2. The molecule has 0 amide bonds. The molecule has 0 aliphatic carbocycles. The Bertz CT molecular complexity index is 2300. The van der Waals surface area contributed by atoms with Gasteiger partial charge in [0.15, 0.2) is 0 Å². The van der Waals surface area contributed by atoms with E-state index in [4.69, 9.17) is 9.47 Å². The Kier molecular flexibility index (Phi) is 19.2. The van der Waals surface area contributed by atoms with E-state index in [1.54, 1.807) is 38.1 Å². The second kappa shape index (κ2) is 23.2. The average Bonchev–Trinajstić information content (AvgIpc) is 3.30. The maximum Gasteiger partial charge on any atom is 0.416 e. The summed E-state index contributed by atoms with van der Waals surface area (Å²) in [6, 6.07) is 23.9. The Morgan fingerprint density at radius 1 is 0.571 bits per heavy atom. The highest BCUT2D eigenvalue weighted by Gasteiger charge is 2.52. The number of hydrogen-bond donors (Lipinski definition) is 2. The van der Waals surface area contributed by atoms with Crippen LogP contribution in [0.4, 0.5) is 39.5 Å². The molecule has 0 saturated carbocycles. The predicted octanol–water partition coefficient (Wildman–Crippen LogP) is 13.2. The van der Waals surface area contributed by atoms with E-state index in [0.29, 0.717) is 68.2 Å². The molecule has 0 unspecified atom stereocenters. The number of hydrogen-bond acceptors (Lipinski definition) is 8. The molecule has 2 fully saturated rings. The summed E-state index contributed by atoms with van der Waals surface area (Å²) in [5, 5.41) is 30.4. The van der Waals surface area contributed by atoms with Gasteiger partial charge in [-0.1, -0.05) is 86.1 Å². The third kappa shape index (κ3) is 13.8. The van der Waals surface area contributed by atoms with Crippen LogP contribution in [0.3, 0.4) is 0 Å². The van der Waals surface area contributed by atoms with Crippen LogP contribution in [0.15, 0.2) is 97.1 Å². The second-order valence-electron chi connectivity index (χ2n) is 18.4. The molecular weight excluding hydrogens is 956 g/mol. The van der Waals surface area contributed by atoms with E-state index >= 15 is 0 Å². The first kappa shape index (κ1) is 57.8. The Hall–Kier alpha value is -4.76. The predicted molar refractivity (Wildman–Crippen MR) is 252 cm³/mol. The Morgan fingerprint density at radius 2 is 0.914 bits per heavy atom. The van der Waals surface area contributed by atoms with Crippen LogP contribution in [-0.4, -0.2) is 47.2 Å². The molecule has 2 N–H and O–H groups in total. The summed E-state index contributed by atoms with van der Waals surface area (Å²) in [6.07, 6.45) is -12.4. The van der Waals surface area contributed by atoms with Crippen LogP contribution in [0.25, 0.3) is 0 Å². The molecule has 2 heterocycles. The van der Waals surface area contributed by atoms with Gasteiger partial charge >= 0.3 is 18.5 Å². The van der Waals surface area contributed by atoms with Crippen molar-refractivity contribution in [2.24, 2.45) is 0 Å². The molecule has 386 valence electrons. The summed E-state index contributed by atoms with van der Waals surface area (Å²) in [6.45, 7) is 8.90. The molecule has 0 radical (unpaired) electrons. The SMILES string of the molecule is CCC[C@@]1([N+](=O)[O-])CC[C@@](CO[C@H](C)c2cc(C(F)(F)F)cc(C(F)(F)F)c2)(c2ccccc2)NC1.CCC[C@]1([N+](=O)[O-])CC[C@@](CO[C@H](C)c2cc(C)cc(C(F)(F)F)c2)(c2ccccc2)NC1.S. The number of piperidine rings is 2. The van der Waals surface area contributed by atoms with E-state index in [-0.39, 0.29) is 67.7 Å². The van der Waals surface area contributed by atoms with Crippen LogP contribution < -0.4 is 10.6 Å². The molecule has 0 spiro atoms. The zero-order valence-electron chi connectivity index (χ0n) is 39.6. The highest BCUT2D eigenvalue weighted by atomic mass is 32.1. The normalized spacial score (nSPS) is 23.8. The van der Waals surface area contributed by atoms with Crippen molar-refractivity contribution in [1.29, 1.82) is 0 Å². The standard InChI is InChI=1S/C25H28F6N2O3.C25H31F3N2O3.H2S/c1-3-9-22(33(34)35)10-11-23(32-15-22,19-7-5-4-6-8-19)16-36-17(2)18-12-20(24(26,27)28)14-21(13-18)25(29,30)31;1-4-10-23(30(31)32)11-12-24(29-16-23,21-8-6-5-7-9-21)17-33-19(3)20-13-18(2)14-22(15-20)25(26,27)28;/h4-8,12-14,17,32H,3,9-11,15-16H2,1-2H3;5-9,13-15,19,29H,4,10-12,16-17H2,1-3H3;1H2/t17-,22-,23-;19-,23+,24-;/m11./s1. The van der Waals surface area contributed by atoms with Crippen molar-refractivity contribution < 1.29 is 58.8 Å². The molecule has 0 aromatic heterocycles. The van der Waals surface area contributed by atoms with Gasteiger partial charge in [-0.15, -0.1) is 0 Å². The average molecular weight is 1020 g/mol. The van der Waals surface area contributed by atoms with Gasteiger partial charge in [0.1, 0.15) is 0 Å². The number of ether oxygens (including phenoxy) is 2. The first-order valence-corrected chi connectivity index (χ1v) is 22.9. The smallest absolute Gasteiger partial charge is 0.372 e. The van der Waals surface area contributed by atoms with E-state index in [1.165, 1.54) is 6.92 Å². The molecule has 4 aromatic rings. The van der Waals surface area contributed by atoms with Crippen molar-refractivity contribution in [2.45, 2.75) is 139 Å². The molecule has 6 rings (SSSR count). The lowest BCUT2D eigenvalue weighted by atomic mass is 9.75. The van der Waals surface area contributed by atoms with Crippen molar-refractivity contribution in [1.82, 2.24) is 10.6 Å². The lowest BCUT2D eigenvalue weighted by Gasteiger charge is -2.44. The number of nitro groups is 2. The third-order valence-electron chi connectivity index (χ3n) is 13.5. The van der Waals surface area contributed by atoms with Gasteiger partial charge in [0.25, 0.3) is 0 Å². The summed E-state index contributed by atoms with van der Waals surface area (Å²) in [5.41, 5.74) is -4.81. The maximum absolute atomic E-state index is 13.3. The summed E-state index contributed by atoms with van der Waals surface area (Å²) in [7, 11) is 0. The topological polar surface area (TPSA) is 129 Å². The molecule has 6 atom stereocenters. The molecular formula is C50H61F9N4O6S. The molecule has 0 bridgehead atoms. The largest absolute Gasteiger partial charge is 0.416 e. The summed E-state index contributed by atoms with van der Waals surface area (Å²) < 4.78 is 132. The van der Waals surface area contributed by atoms with Gasteiger partial charge in [0, 0.05) is 35.5 Å². The highest BCUT2D eigenvalue weighted by molar-refractivity contribution is 7.59. The molecule has 20 heteroatoms. The van der Waals surface area contributed by atoms with Crippen LogP contribution in [0.5, 0.6) is 0 Å². The highest BCUT2D eigenvalue weighted by Crippen LogP contribution is 2.42. The van der Waals surface area contributed by atoms with E-state index in [9.17, 15) is 59.7 Å². The lowest BCUT2D eigenvalue weighted by molar-refractivity contribution is -0.574. The monoisotopic (exact) mass is 1020 g/mol. The number of alkyl halides is 9. The molecule has 4 aromatic carbocycles. The number of benzene rings is 4. The van der Waals surface area contributed by atoms with Crippen LogP contribution in [0.2, 0.25) is 0 Å². The third-order valence-corrected chi connectivity index (χ3v) is 13.5. The van der Waals surface area contributed by atoms with Crippen LogP contribution in [0, 0.1) is 27.2 Å². The fraction of sp³-hybridized carbons (Fsp3) is 0.520. The van der Waals surface area contributed by atoms with E-state index < -0.39 is 69.6 Å². The van der Waals surface area contributed by atoms with Gasteiger partial charge in [0.2, 0.25) is 11.1 Å². The molecule has 2 aliphatic rings. The van der Waals surface area contributed by atoms with Crippen molar-refractivity contribution >= 4 is 13.5 Å². The number of rotatable bonds is 16. The van der Waals surface area contributed by atoms with Gasteiger partial charge in [0.05, 0.1) is 66.3 Å². The molecule has 70 heavy (non-hydrogen) atoms. The minimum absolute atomic E-state index is 0. The number of nitrogens with zero attached hydrogens (tertiary/aromatic N) is 2. The van der Waals surface area contributed by atoms with Gasteiger partial charge in [-0.3, -0.25) is 30.9 Å². The van der Waals surface area contributed by atoms with Gasteiger partial charge < -0.3 is 9.47 Å². The van der Waals surface area contributed by atoms with Crippen LogP contribution >= 0.6 is 13.5 Å². The number of halogens is 9. The fourth-order valence-electron chi connectivity index (χ4n) is 9.34. The van der Waals surface area contributed by atoms with Crippen molar-refractivity contribution in [3.63, 3.8) is 0 Å². The van der Waals surface area contributed by atoms with Crippen molar-refractivity contribution in [2.75, 3.05) is 26.3 Å². The summed E-state index contributed by atoms with van der Waals surface area (Å²) in [5.74, 6) is 0. The lowest BCUT2D eigenvalue weighted by Crippen LogP contribution is -2.60. The molecule has 10 nitrogen and oxygen atoms in total. The summed E-state index contributed by atoms with van der Waals surface area (Å²) in [4.78, 5) is 23.2. The maximum atomic E-state index is 13.3. The van der Waals surface area contributed by atoms with Gasteiger partial charge in [-0.05, 0) is 99.0 Å². The van der Waals surface area contributed by atoms with Crippen molar-refractivity contribution in [3.05, 3.63) is 162 Å². The quantitative estimate of drug-likeness (QED) is 0.0645. The fourth-order valence-corrected chi connectivity index (χ4v) is 9.34. The van der Waals surface area contributed by atoms with Crippen molar-refractivity contribution in [3.8, 4) is 0 Å². The number of aryl methyl sites for hydroxylation is 1. The minimum atomic E-state index is -4.96. The first-order valence-electron chi connectivity index (χ1n) is 22.9. The van der Waals surface area contributed by atoms with Crippen LogP contribution in [0.1, 0.15) is 136 Å². The number of nitrogens with one attached hydrogen (secondary N) is 2. The zero-order valence-corrected chi connectivity index (χ0v) is 40.6. The Morgan fingerprint density at radius 3 is 1.21 bits per heavy atom. The summed E-state index contributed by atoms with van der Waals surface area (Å²) >= 11 is 0. The Balaban J connectivity index is 0.000000301. The van der Waals surface area contributed by atoms with E-state index in [2.05, 4.69) is 10.6 Å². The second-order valence-corrected chi connectivity index (χ2v) is 18.4.